The Balaban J connectivity index is 1.31. The lowest BCUT2D eigenvalue weighted by Gasteiger charge is -2.40. The summed E-state index contributed by atoms with van der Waals surface area (Å²) in [5, 5.41) is 6.43. The van der Waals surface area contributed by atoms with Crippen LogP contribution in [0.25, 0.3) is 0 Å². The van der Waals surface area contributed by atoms with Crippen molar-refractivity contribution in [2.45, 2.75) is 31.4 Å². The molecule has 5 rings (SSSR count). The van der Waals surface area contributed by atoms with Crippen LogP contribution in [0.4, 0.5) is 0 Å². The number of fused-ring (bicyclic) bond motifs is 3. The summed E-state index contributed by atoms with van der Waals surface area (Å²) >= 11 is 1.59. The average molecular weight is 386 g/mol. The minimum atomic E-state index is -0.195. The number of hydrogen-bond donors (Lipinski definition) is 2. The molecule has 1 fully saturated rings. The molecule has 2 aromatic rings. The van der Waals surface area contributed by atoms with E-state index in [0.29, 0.717) is 6.54 Å². The zero-order chi connectivity index (χ0) is 18.3. The first-order chi connectivity index (χ1) is 13.2. The zero-order valence-corrected chi connectivity index (χ0v) is 15.8. The molecule has 0 saturated carbocycles. The Kier molecular flexibility index (Phi) is 4.30. The van der Waals surface area contributed by atoms with Crippen molar-refractivity contribution >= 4 is 17.2 Å². The summed E-state index contributed by atoms with van der Waals surface area (Å²) in [5.41, 5.74) is 2.08. The van der Waals surface area contributed by atoms with E-state index < -0.39 is 0 Å². The van der Waals surface area contributed by atoms with Crippen LogP contribution in [0.1, 0.15) is 38.5 Å². The minimum Gasteiger partial charge on any atom is -0.454 e. The smallest absolute Gasteiger partial charge is 0.261 e. The molecule has 0 bridgehead atoms. The van der Waals surface area contributed by atoms with Gasteiger partial charge in [-0.15, -0.1) is 11.3 Å². The fourth-order valence-corrected chi connectivity index (χ4v) is 5.38. The molecule has 7 heteroatoms. The van der Waals surface area contributed by atoms with Crippen LogP contribution in [0.5, 0.6) is 11.5 Å². The topological polar surface area (TPSA) is 68.8 Å². The van der Waals surface area contributed by atoms with Crippen LogP contribution in [0.15, 0.2) is 24.3 Å². The number of hydrogen-bond acceptors (Lipinski definition) is 6. The van der Waals surface area contributed by atoms with Crippen LogP contribution in [0, 0.1) is 0 Å². The maximum Gasteiger partial charge on any atom is 0.261 e. The lowest BCUT2D eigenvalue weighted by atomic mass is 9.86. The van der Waals surface area contributed by atoms with E-state index >= 15 is 0 Å². The quantitative estimate of drug-likeness (QED) is 0.849. The summed E-state index contributed by atoms with van der Waals surface area (Å²) in [5.74, 6) is 1.46. The second kappa shape index (κ2) is 6.82. The highest BCUT2D eigenvalue weighted by atomic mass is 32.1. The Morgan fingerprint density at radius 3 is 2.93 bits per heavy atom. The molecule has 3 aliphatic rings. The van der Waals surface area contributed by atoms with E-state index in [1.807, 2.05) is 18.2 Å². The lowest BCUT2D eigenvalue weighted by molar-refractivity contribution is -0.0771. The standard InChI is InChI=1S/C20H22N2O4S/c23-19(22-11-13-1-2-15-16(9-13)25-12-24-15)17-10-14-3-8-26-20(18(14)27-17)4-6-21-7-5-20/h1-2,9-10,21H,3-8,11-12H2,(H,22,23). The molecule has 1 spiro atoms. The summed E-state index contributed by atoms with van der Waals surface area (Å²) in [6.45, 7) is 3.38. The number of benzene rings is 1. The van der Waals surface area contributed by atoms with Gasteiger partial charge in [-0.25, -0.2) is 0 Å². The van der Waals surface area contributed by atoms with Crippen LogP contribution in [0.2, 0.25) is 0 Å². The second-order valence-corrected chi connectivity index (χ2v) is 8.23. The second-order valence-electron chi connectivity index (χ2n) is 7.18. The van der Waals surface area contributed by atoms with Gasteiger partial charge < -0.3 is 24.8 Å². The monoisotopic (exact) mass is 386 g/mol. The fraction of sp³-hybridized carbons (Fsp3) is 0.450. The first kappa shape index (κ1) is 17.0. The van der Waals surface area contributed by atoms with Gasteiger partial charge in [0.25, 0.3) is 5.91 Å². The normalized spacial score (nSPS) is 19.7. The number of thiophene rings is 1. The van der Waals surface area contributed by atoms with Gasteiger partial charge in [0.2, 0.25) is 6.79 Å². The summed E-state index contributed by atoms with van der Waals surface area (Å²) in [4.78, 5) is 14.8. The molecule has 0 unspecified atom stereocenters. The molecule has 1 aromatic carbocycles. The van der Waals surface area contributed by atoms with Gasteiger partial charge in [-0.05, 0) is 61.7 Å². The number of piperidine rings is 1. The van der Waals surface area contributed by atoms with Gasteiger partial charge in [-0.3, -0.25) is 4.79 Å². The Hall–Kier alpha value is -2.09. The maximum absolute atomic E-state index is 12.7. The van der Waals surface area contributed by atoms with Crippen LogP contribution in [0.3, 0.4) is 0 Å². The van der Waals surface area contributed by atoms with E-state index in [9.17, 15) is 4.79 Å². The van der Waals surface area contributed by atoms with E-state index in [2.05, 4.69) is 16.7 Å². The molecule has 1 amide bonds. The van der Waals surface area contributed by atoms with Gasteiger partial charge in [0.05, 0.1) is 11.5 Å². The van der Waals surface area contributed by atoms with E-state index in [1.165, 1.54) is 10.4 Å². The minimum absolute atomic E-state index is 0.0313. The summed E-state index contributed by atoms with van der Waals surface area (Å²) in [6.07, 6.45) is 2.83. The van der Waals surface area contributed by atoms with Crippen molar-refractivity contribution in [3.63, 3.8) is 0 Å². The molecule has 1 aromatic heterocycles. The van der Waals surface area contributed by atoms with Gasteiger partial charge in [0.1, 0.15) is 5.60 Å². The summed E-state index contributed by atoms with van der Waals surface area (Å²) < 4.78 is 16.9. The predicted molar refractivity (Wildman–Crippen MR) is 101 cm³/mol. The zero-order valence-electron chi connectivity index (χ0n) is 15.0. The van der Waals surface area contributed by atoms with Crippen molar-refractivity contribution in [2.75, 3.05) is 26.5 Å². The maximum atomic E-state index is 12.7. The number of ether oxygens (including phenoxy) is 3. The van der Waals surface area contributed by atoms with Crippen LogP contribution in [-0.2, 0) is 23.3 Å². The number of carbonyl (C=O) groups is 1. The fourth-order valence-electron chi connectivity index (χ4n) is 4.06. The molecule has 0 atom stereocenters. The first-order valence-corrected chi connectivity index (χ1v) is 10.2. The van der Waals surface area contributed by atoms with Crippen LogP contribution >= 0.6 is 11.3 Å². The molecule has 0 aliphatic carbocycles. The number of amides is 1. The number of nitrogens with one attached hydrogen (secondary N) is 2. The number of rotatable bonds is 3. The first-order valence-electron chi connectivity index (χ1n) is 9.38. The van der Waals surface area contributed by atoms with Crippen LogP contribution < -0.4 is 20.1 Å². The van der Waals surface area contributed by atoms with Gasteiger partial charge in [-0.1, -0.05) is 6.07 Å². The molecular formula is C20H22N2O4S. The largest absolute Gasteiger partial charge is 0.454 e. The predicted octanol–water partition coefficient (Wildman–Crippen LogP) is 2.56. The molecule has 6 nitrogen and oxygen atoms in total. The van der Waals surface area contributed by atoms with Crippen LogP contribution in [-0.4, -0.2) is 32.4 Å². The Labute approximate surface area is 161 Å². The van der Waals surface area contributed by atoms with Gasteiger partial charge in [-0.2, -0.15) is 0 Å². The van der Waals surface area contributed by atoms with Gasteiger partial charge >= 0.3 is 0 Å². The highest BCUT2D eigenvalue weighted by Crippen LogP contribution is 2.44. The van der Waals surface area contributed by atoms with Crippen molar-refractivity contribution in [3.8, 4) is 11.5 Å². The SMILES string of the molecule is O=C(NCc1ccc2c(c1)OCO2)c1cc2c(s1)C1(CCNCC1)OCC2. The Morgan fingerprint density at radius 1 is 1.19 bits per heavy atom. The van der Waals surface area contributed by atoms with Crippen molar-refractivity contribution in [3.05, 3.63) is 45.1 Å². The van der Waals surface area contributed by atoms with Crippen molar-refractivity contribution in [1.82, 2.24) is 10.6 Å². The Morgan fingerprint density at radius 2 is 2.04 bits per heavy atom. The van der Waals surface area contributed by atoms with E-state index in [0.717, 1.165) is 60.9 Å². The summed E-state index contributed by atoms with van der Waals surface area (Å²) in [7, 11) is 0. The Bertz CT molecular complexity index is 873. The van der Waals surface area contributed by atoms with Crippen molar-refractivity contribution < 1.29 is 19.0 Å². The van der Waals surface area contributed by atoms with Gasteiger partial charge in [0, 0.05) is 11.4 Å². The lowest BCUT2D eigenvalue weighted by Crippen LogP contribution is -2.43. The molecule has 142 valence electrons. The molecule has 27 heavy (non-hydrogen) atoms. The van der Waals surface area contributed by atoms with E-state index in [-0.39, 0.29) is 18.3 Å². The molecule has 0 radical (unpaired) electrons. The van der Waals surface area contributed by atoms with Crippen molar-refractivity contribution in [1.29, 1.82) is 0 Å². The molecule has 4 heterocycles. The van der Waals surface area contributed by atoms with Gasteiger partial charge in [0.15, 0.2) is 11.5 Å². The molecule has 1 saturated heterocycles. The third-order valence-electron chi connectivity index (χ3n) is 5.50. The third kappa shape index (κ3) is 3.09. The average Bonchev–Trinajstić information content (AvgIpc) is 3.34. The molecule has 2 N–H and O–H groups in total. The van der Waals surface area contributed by atoms with E-state index in [4.69, 9.17) is 14.2 Å². The third-order valence-corrected chi connectivity index (χ3v) is 6.86. The van der Waals surface area contributed by atoms with E-state index in [1.54, 1.807) is 11.3 Å². The molecule has 3 aliphatic heterocycles. The van der Waals surface area contributed by atoms with Crippen molar-refractivity contribution in [2.24, 2.45) is 0 Å². The molecular weight excluding hydrogens is 364 g/mol. The summed E-state index contributed by atoms with van der Waals surface area (Å²) in [6, 6.07) is 7.80. The highest BCUT2D eigenvalue weighted by Gasteiger charge is 2.41. The number of carbonyl (C=O) groups excluding carboxylic acids is 1. The highest BCUT2D eigenvalue weighted by molar-refractivity contribution is 7.14.